The third-order valence-electron chi connectivity index (χ3n) is 3.76. The summed E-state index contributed by atoms with van der Waals surface area (Å²) in [7, 11) is -3.27. The van der Waals surface area contributed by atoms with Crippen molar-refractivity contribution in [3.05, 3.63) is 29.8 Å². The Morgan fingerprint density at radius 1 is 1.25 bits per heavy atom. The molecule has 1 unspecified atom stereocenters. The number of rotatable bonds is 4. The summed E-state index contributed by atoms with van der Waals surface area (Å²) in [5, 5.41) is 2.77. The lowest BCUT2D eigenvalue weighted by Gasteiger charge is -2.21. The molecule has 1 aromatic carbocycles. The molecule has 0 aliphatic carbocycles. The Kier molecular flexibility index (Phi) is 4.60. The summed E-state index contributed by atoms with van der Waals surface area (Å²) in [6.45, 7) is 4.99. The molecule has 1 aliphatic rings. The third kappa shape index (κ3) is 3.10. The maximum atomic E-state index is 12.3. The van der Waals surface area contributed by atoms with Crippen LogP contribution in [-0.4, -0.2) is 32.5 Å². The zero-order chi connectivity index (χ0) is 14.8. The lowest BCUT2D eigenvalue weighted by atomic mass is 9.91. The monoisotopic (exact) mass is 295 g/mol. The normalized spacial score (nSPS) is 20.1. The fourth-order valence-corrected chi connectivity index (χ4v) is 3.45. The predicted octanol–water partition coefficient (Wildman–Crippen LogP) is 2.05. The number of carbonyl (C=O) groups excluding carboxylic acids is 1. The summed E-state index contributed by atoms with van der Waals surface area (Å²) >= 11 is 0. The van der Waals surface area contributed by atoms with Gasteiger partial charge in [0.1, 0.15) is 0 Å². The van der Waals surface area contributed by atoms with E-state index in [2.05, 4.69) is 5.32 Å². The largest absolute Gasteiger partial charge is 0.316 e. The molecule has 0 aromatic heterocycles. The molecule has 1 saturated heterocycles. The average Bonchev–Trinajstić information content (AvgIpc) is 2.47. The van der Waals surface area contributed by atoms with Gasteiger partial charge in [-0.1, -0.05) is 12.1 Å². The highest BCUT2D eigenvalue weighted by molar-refractivity contribution is 7.92. The molecule has 1 fully saturated rings. The van der Waals surface area contributed by atoms with Crippen molar-refractivity contribution in [2.45, 2.75) is 36.8 Å². The second kappa shape index (κ2) is 6.06. The van der Waals surface area contributed by atoms with Gasteiger partial charge in [0, 0.05) is 18.0 Å². The van der Waals surface area contributed by atoms with E-state index in [1.165, 1.54) is 0 Å². The zero-order valence-electron chi connectivity index (χ0n) is 11.9. The molecule has 110 valence electrons. The van der Waals surface area contributed by atoms with Crippen LogP contribution in [0, 0.1) is 5.92 Å². The van der Waals surface area contributed by atoms with Crippen LogP contribution in [0.1, 0.15) is 37.0 Å². The molecule has 1 aliphatic heterocycles. The molecule has 5 heteroatoms. The molecule has 0 spiro atoms. The highest BCUT2D eigenvalue weighted by Crippen LogP contribution is 2.20. The van der Waals surface area contributed by atoms with Crippen molar-refractivity contribution in [3.8, 4) is 0 Å². The van der Waals surface area contributed by atoms with Crippen LogP contribution in [0.25, 0.3) is 0 Å². The Hall–Kier alpha value is -1.20. The number of Topliss-reactive ketones (excluding diaryl/α,β-unsaturated/α-hetero) is 1. The van der Waals surface area contributed by atoms with Gasteiger partial charge in [0.25, 0.3) is 0 Å². The van der Waals surface area contributed by atoms with Crippen LogP contribution < -0.4 is 5.32 Å². The van der Waals surface area contributed by atoms with Crippen molar-refractivity contribution in [2.24, 2.45) is 5.92 Å². The Labute approximate surface area is 120 Å². The molecule has 1 atom stereocenters. The van der Waals surface area contributed by atoms with Crippen molar-refractivity contribution in [1.29, 1.82) is 0 Å². The van der Waals surface area contributed by atoms with Crippen LogP contribution in [0.2, 0.25) is 0 Å². The van der Waals surface area contributed by atoms with Crippen molar-refractivity contribution < 1.29 is 13.2 Å². The van der Waals surface area contributed by atoms with E-state index in [9.17, 15) is 13.2 Å². The van der Waals surface area contributed by atoms with Crippen LogP contribution in [0.15, 0.2) is 29.2 Å². The maximum absolute atomic E-state index is 12.3. The Morgan fingerprint density at radius 3 is 2.40 bits per heavy atom. The van der Waals surface area contributed by atoms with Crippen molar-refractivity contribution in [2.75, 3.05) is 13.1 Å². The number of hydrogen-bond acceptors (Lipinski definition) is 4. The Bertz CT molecular complexity index is 570. The summed E-state index contributed by atoms with van der Waals surface area (Å²) < 4.78 is 24.0. The lowest BCUT2D eigenvalue weighted by molar-refractivity contribution is 0.0899. The molecule has 0 radical (unpaired) electrons. The highest BCUT2D eigenvalue weighted by Gasteiger charge is 2.23. The molecule has 0 bridgehead atoms. The second-order valence-electron chi connectivity index (χ2n) is 5.53. The molecular formula is C15H21NO3S. The molecule has 2 rings (SSSR count). The van der Waals surface area contributed by atoms with Gasteiger partial charge in [-0.05, 0) is 45.4 Å². The standard InChI is InChI=1S/C15H21NO3S/c1-11(2)20(18,19)14-7-5-12(6-8-14)15(17)13-4-3-9-16-10-13/h5-8,11,13,16H,3-4,9-10H2,1-2H3. The lowest BCUT2D eigenvalue weighted by Crippen LogP contribution is -2.34. The Balaban J connectivity index is 2.18. The molecule has 0 saturated carbocycles. The Morgan fingerprint density at radius 2 is 1.90 bits per heavy atom. The van der Waals surface area contributed by atoms with Crippen LogP contribution in [0.4, 0.5) is 0 Å². The number of piperidine rings is 1. The van der Waals surface area contributed by atoms with Gasteiger partial charge in [-0.2, -0.15) is 0 Å². The van der Waals surface area contributed by atoms with E-state index in [0.29, 0.717) is 12.1 Å². The molecule has 1 heterocycles. The van der Waals surface area contributed by atoms with Gasteiger partial charge < -0.3 is 5.32 Å². The maximum Gasteiger partial charge on any atom is 0.180 e. The van der Waals surface area contributed by atoms with E-state index in [1.807, 2.05) is 0 Å². The molecular weight excluding hydrogens is 274 g/mol. The zero-order valence-corrected chi connectivity index (χ0v) is 12.7. The molecule has 4 nitrogen and oxygen atoms in total. The minimum atomic E-state index is -3.27. The van der Waals surface area contributed by atoms with E-state index >= 15 is 0 Å². The first-order chi connectivity index (χ1) is 9.43. The first-order valence-electron chi connectivity index (χ1n) is 7.02. The SMILES string of the molecule is CC(C)S(=O)(=O)c1ccc(C(=O)C2CCCNC2)cc1. The fraction of sp³-hybridized carbons (Fsp3) is 0.533. The van der Waals surface area contributed by atoms with Gasteiger partial charge in [0.05, 0.1) is 10.1 Å². The van der Waals surface area contributed by atoms with Gasteiger partial charge in [-0.15, -0.1) is 0 Å². The first-order valence-corrected chi connectivity index (χ1v) is 8.56. The van der Waals surface area contributed by atoms with E-state index in [4.69, 9.17) is 0 Å². The first kappa shape index (κ1) is 15.2. The summed E-state index contributed by atoms with van der Waals surface area (Å²) in [6.07, 6.45) is 1.91. The van der Waals surface area contributed by atoms with E-state index in [-0.39, 0.29) is 16.6 Å². The number of benzene rings is 1. The minimum absolute atomic E-state index is 0.0105. The molecule has 1 N–H and O–H groups in total. The molecule has 0 amide bonds. The van der Waals surface area contributed by atoms with Crippen LogP contribution in [0.3, 0.4) is 0 Å². The number of sulfone groups is 1. The smallest absolute Gasteiger partial charge is 0.180 e. The predicted molar refractivity (Wildman–Crippen MR) is 78.7 cm³/mol. The van der Waals surface area contributed by atoms with Gasteiger partial charge in [-0.25, -0.2) is 8.42 Å². The van der Waals surface area contributed by atoms with Gasteiger partial charge >= 0.3 is 0 Å². The number of hydrogen-bond donors (Lipinski definition) is 1. The van der Waals surface area contributed by atoms with Gasteiger partial charge in [0.2, 0.25) is 0 Å². The summed E-state index contributed by atoms with van der Waals surface area (Å²) in [5.74, 6) is 0.113. The van der Waals surface area contributed by atoms with Crippen molar-refractivity contribution in [1.82, 2.24) is 5.32 Å². The topological polar surface area (TPSA) is 63.2 Å². The van der Waals surface area contributed by atoms with Crippen LogP contribution >= 0.6 is 0 Å². The summed E-state index contributed by atoms with van der Waals surface area (Å²) in [6, 6.07) is 6.34. The van der Waals surface area contributed by atoms with Crippen LogP contribution in [-0.2, 0) is 9.84 Å². The summed E-state index contributed by atoms with van der Waals surface area (Å²) in [5.41, 5.74) is 0.599. The number of ketones is 1. The molecule has 1 aromatic rings. The van der Waals surface area contributed by atoms with Crippen LogP contribution in [0.5, 0.6) is 0 Å². The van der Waals surface area contributed by atoms with Crippen molar-refractivity contribution >= 4 is 15.6 Å². The number of carbonyl (C=O) groups is 1. The van der Waals surface area contributed by atoms with E-state index in [1.54, 1.807) is 38.1 Å². The van der Waals surface area contributed by atoms with Crippen molar-refractivity contribution in [3.63, 3.8) is 0 Å². The van der Waals surface area contributed by atoms with E-state index < -0.39 is 15.1 Å². The second-order valence-corrected chi connectivity index (χ2v) is 8.03. The molecule has 20 heavy (non-hydrogen) atoms. The van der Waals surface area contributed by atoms with Gasteiger partial charge in [-0.3, -0.25) is 4.79 Å². The average molecular weight is 295 g/mol. The third-order valence-corrected chi connectivity index (χ3v) is 5.93. The van der Waals surface area contributed by atoms with E-state index in [0.717, 1.165) is 19.4 Å². The minimum Gasteiger partial charge on any atom is -0.316 e. The fourth-order valence-electron chi connectivity index (χ4n) is 2.39. The van der Waals surface area contributed by atoms with Gasteiger partial charge in [0.15, 0.2) is 15.6 Å². The quantitative estimate of drug-likeness (QED) is 0.864. The number of nitrogens with one attached hydrogen (secondary N) is 1. The highest BCUT2D eigenvalue weighted by atomic mass is 32.2. The summed E-state index contributed by atoms with van der Waals surface area (Å²) in [4.78, 5) is 12.6.